The number of benzene rings is 3. The van der Waals surface area contributed by atoms with Crippen LogP contribution >= 0.6 is 0 Å². The van der Waals surface area contributed by atoms with Gasteiger partial charge in [0, 0.05) is 29.2 Å². The second-order valence-corrected chi connectivity index (χ2v) is 7.90. The van der Waals surface area contributed by atoms with Gasteiger partial charge in [0.2, 0.25) is 0 Å². The number of aromatic nitrogens is 1. The minimum atomic E-state index is -0.244. The third kappa shape index (κ3) is 3.97. The Balaban J connectivity index is 1.80. The minimum Gasteiger partial charge on any atom is -0.355 e. The Labute approximate surface area is 187 Å². The lowest BCUT2D eigenvalue weighted by atomic mass is 9.99. The van der Waals surface area contributed by atoms with Crippen LogP contribution in [0.3, 0.4) is 0 Å². The highest BCUT2D eigenvalue weighted by molar-refractivity contribution is 6.13. The van der Waals surface area contributed by atoms with Crippen LogP contribution in [0.5, 0.6) is 0 Å². The highest BCUT2D eigenvalue weighted by Crippen LogP contribution is 2.29. The first kappa shape index (κ1) is 21.2. The summed E-state index contributed by atoms with van der Waals surface area (Å²) in [4.78, 5) is 30.4. The first-order chi connectivity index (χ1) is 15.4. The summed E-state index contributed by atoms with van der Waals surface area (Å²) in [6, 6.07) is 21.0. The maximum Gasteiger partial charge on any atom is 0.256 e. The van der Waals surface area contributed by atoms with E-state index in [9.17, 15) is 9.59 Å². The quantitative estimate of drug-likeness (QED) is 0.459. The third-order valence-electron chi connectivity index (χ3n) is 5.67. The molecule has 1 heterocycles. The van der Waals surface area contributed by atoms with Gasteiger partial charge in [0.1, 0.15) is 0 Å². The lowest BCUT2D eigenvalue weighted by Gasteiger charge is -2.14. The molecule has 0 unspecified atom stereocenters. The molecule has 160 valence electrons. The second kappa shape index (κ2) is 8.63. The van der Waals surface area contributed by atoms with Crippen molar-refractivity contribution in [2.75, 3.05) is 12.4 Å². The Kier molecular flexibility index (Phi) is 5.73. The Morgan fingerprint density at radius 2 is 1.59 bits per heavy atom. The van der Waals surface area contributed by atoms with E-state index in [4.69, 9.17) is 4.98 Å². The third-order valence-corrected chi connectivity index (χ3v) is 5.67. The molecule has 5 heteroatoms. The van der Waals surface area contributed by atoms with E-state index in [2.05, 4.69) is 23.6 Å². The van der Waals surface area contributed by atoms with Crippen molar-refractivity contribution in [3.63, 3.8) is 0 Å². The van der Waals surface area contributed by atoms with Gasteiger partial charge in [0.15, 0.2) is 0 Å². The molecule has 0 saturated carbocycles. The predicted octanol–water partition coefficient (Wildman–Crippen LogP) is 5.44. The van der Waals surface area contributed by atoms with Crippen LogP contribution in [0.4, 0.5) is 5.69 Å². The number of hydrogen-bond acceptors (Lipinski definition) is 3. The number of aryl methyl sites for hydroxylation is 2. The maximum absolute atomic E-state index is 13.4. The van der Waals surface area contributed by atoms with Crippen molar-refractivity contribution in [2.45, 2.75) is 20.8 Å². The molecule has 3 aromatic carbocycles. The number of para-hydroxylation sites is 1. The fourth-order valence-electron chi connectivity index (χ4n) is 3.94. The lowest BCUT2D eigenvalue weighted by Crippen LogP contribution is -2.20. The molecule has 0 atom stereocenters. The van der Waals surface area contributed by atoms with Crippen LogP contribution in [0.1, 0.15) is 37.4 Å². The van der Waals surface area contributed by atoms with Crippen molar-refractivity contribution in [2.24, 2.45) is 0 Å². The lowest BCUT2D eigenvalue weighted by molar-refractivity contribution is 0.0960. The van der Waals surface area contributed by atoms with Crippen molar-refractivity contribution >= 4 is 28.4 Å². The molecule has 0 fully saturated rings. The van der Waals surface area contributed by atoms with Crippen molar-refractivity contribution in [3.8, 4) is 11.3 Å². The van der Waals surface area contributed by atoms with Crippen LogP contribution in [0, 0.1) is 20.8 Å². The molecule has 0 spiro atoms. The molecular weight excluding hydrogens is 398 g/mol. The van der Waals surface area contributed by atoms with E-state index in [-0.39, 0.29) is 11.8 Å². The number of fused-ring (bicyclic) bond motifs is 1. The standard InChI is InChI=1S/C27H25N3O2/c1-16-12-13-19(17(2)14-16)25-15-22(21-8-5-6-10-24(21)29-25)27(32)30-23-11-7-9-20(18(23)3)26(31)28-4/h5-15H,1-4H3,(H,28,31)(H,30,32). The van der Waals surface area contributed by atoms with Crippen molar-refractivity contribution < 1.29 is 9.59 Å². The van der Waals surface area contributed by atoms with Gasteiger partial charge in [-0.1, -0.05) is 48.0 Å². The first-order valence-corrected chi connectivity index (χ1v) is 10.5. The van der Waals surface area contributed by atoms with E-state index in [1.54, 1.807) is 25.2 Å². The van der Waals surface area contributed by atoms with E-state index < -0.39 is 0 Å². The van der Waals surface area contributed by atoms with Gasteiger partial charge < -0.3 is 10.6 Å². The number of rotatable bonds is 4. The second-order valence-electron chi connectivity index (χ2n) is 7.90. The van der Waals surface area contributed by atoms with E-state index in [1.807, 2.05) is 56.3 Å². The summed E-state index contributed by atoms with van der Waals surface area (Å²) >= 11 is 0. The number of anilines is 1. The molecule has 4 aromatic rings. The number of carbonyl (C=O) groups excluding carboxylic acids is 2. The SMILES string of the molecule is CNC(=O)c1cccc(NC(=O)c2cc(-c3ccc(C)cc3C)nc3ccccc23)c1C. The van der Waals surface area contributed by atoms with Crippen LogP contribution < -0.4 is 10.6 Å². The zero-order valence-corrected chi connectivity index (χ0v) is 18.6. The minimum absolute atomic E-state index is 0.190. The molecule has 0 radical (unpaired) electrons. The number of carbonyl (C=O) groups is 2. The molecule has 0 aliphatic carbocycles. The van der Waals surface area contributed by atoms with E-state index in [0.717, 1.165) is 27.7 Å². The fourth-order valence-corrected chi connectivity index (χ4v) is 3.94. The number of nitrogens with zero attached hydrogens (tertiary/aromatic N) is 1. The number of pyridine rings is 1. The average Bonchev–Trinajstić information content (AvgIpc) is 2.79. The van der Waals surface area contributed by atoms with Gasteiger partial charge in [-0.15, -0.1) is 0 Å². The molecule has 2 N–H and O–H groups in total. The Bertz CT molecular complexity index is 1360. The molecule has 5 nitrogen and oxygen atoms in total. The summed E-state index contributed by atoms with van der Waals surface area (Å²) in [5, 5.41) is 6.40. The summed E-state index contributed by atoms with van der Waals surface area (Å²) in [5.74, 6) is -0.433. The van der Waals surface area contributed by atoms with Crippen LogP contribution in [0.2, 0.25) is 0 Å². The number of hydrogen-bond donors (Lipinski definition) is 2. The molecule has 4 rings (SSSR count). The normalized spacial score (nSPS) is 10.8. The summed E-state index contributed by atoms with van der Waals surface area (Å²) in [5.41, 5.74) is 7.17. The predicted molar refractivity (Wildman–Crippen MR) is 129 cm³/mol. The van der Waals surface area contributed by atoms with Crippen LogP contribution in [0.15, 0.2) is 66.7 Å². The smallest absolute Gasteiger partial charge is 0.256 e. The van der Waals surface area contributed by atoms with E-state index in [1.165, 1.54) is 5.56 Å². The average molecular weight is 424 g/mol. The Morgan fingerprint density at radius 1 is 0.812 bits per heavy atom. The van der Waals surface area contributed by atoms with Gasteiger partial charge in [-0.05, 0) is 56.2 Å². The monoisotopic (exact) mass is 423 g/mol. The van der Waals surface area contributed by atoms with Gasteiger partial charge in [0.05, 0.1) is 16.8 Å². The topological polar surface area (TPSA) is 71.1 Å². The van der Waals surface area contributed by atoms with Crippen molar-refractivity contribution in [3.05, 3.63) is 94.5 Å². The van der Waals surface area contributed by atoms with Crippen molar-refractivity contribution in [1.29, 1.82) is 0 Å². The molecular formula is C27H25N3O2. The van der Waals surface area contributed by atoms with Gasteiger partial charge in [-0.3, -0.25) is 9.59 Å². The number of nitrogens with one attached hydrogen (secondary N) is 2. The van der Waals surface area contributed by atoms with Crippen LogP contribution in [-0.2, 0) is 0 Å². The summed E-state index contributed by atoms with van der Waals surface area (Å²) in [6.07, 6.45) is 0. The van der Waals surface area contributed by atoms with E-state index >= 15 is 0 Å². The van der Waals surface area contributed by atoms with Gasteiger partial charge in [-0.2, -0.15) is 0 Å². The van der Waals surface area contributed by atoms with Crippen molar-refractivity contribution in [1.82, 2.24) is 10.3 Å². The first-order valence-electron chi connectivity index (χ1n) is 10.5. The zero-order valence-electron chi connectivity index (χ0n) is 18.6. The van der Waals surface area contributed by atoms with Crippen LogP contribution in [-0.4, -0.2) is 23.8 Å². The molecule has 1 aromatic heterocycles. The summed E-state index contributed by atoms with van der Waals surface area (Å²) in [7, 11) is 1.59. The number of amides is 2. The molecule has 0 bridgehead atoms. The highest BCUT2D eigenvalue weighted by atomic mass is 16.2. The van der Waals surface area contributed by atoms with E-state index in [0.29, 0.717) is 22.4 Å². The zero-order chi connectivity index (χ0) is 22.8. The Morgan fingerprint density at radius 3 is 2.34 bits per heavy atom. The molecule has 0 aliphatic rings. The molecule has 0 aliphatic heterocycles. The Hall–Kier alpha value is -3.99. The highest BCUT2D eigenvalue weighted by Gasteiger charge is 2.17. The summed E-state index contributed by atoms with van der Waals surface area (Å²) < 4.78 is 0. The largest absolute Gasteiger partial charge is 0.355 e. The molecule has 0 saturated heterocycles. The van der Waals surface area contributed by atoms with Crippen LogP contribution in [0.25, 0.3) is 22.2 Å². The van der Waals surface area contributed by atoms with Gasteiger partial charge in [0.25, 0.3) is 11.8 Å². The van der Waals surface area contributed by atoms with Gasteiger partial charge in [-0.25, -0.2) is 4.98 Å². The summed E-state index contributed by atoms with van der Waals surface area (Å²) in [6.45, 7) is 5.93. The fraction of sp³-hybridized carbons (Fsp3) is 0.148. The molecule has 32 heavy (non-hydrogen) atoms. The van der Waals surface area contributed by atoms with Gasteiger partial charge >= 0.3 is 0 Å². The molecule has 2 amide bonds. The maximum atomic E-state index is 13.4.